The Hall–Kier alpha value is -1.72. The first-order valence-electron chi connectivity index (χ1n) is 9.74. The fraction of sp³-hybridized carbons (Fsp3) is 0.800. The lowest BCUT2D eigenvalue weighted by molar-refractivity contribution is -0.188. The predicted molar refractivity (Wildman–Crippen MR) is 94.6 cm³/mol. The van der Waals surface area contributed by atoms with E-state index in [9.17, 15) is 29.4 Å². The summed E-state index contributed by atoms with van der Waals surface area (Å²) in [5.41, 5.74) is -3.86. The van der Waals surface area contributed by atoms with Crippen LogP contribution in [0.25, 0.3) is 0 Å². The van der Waals surface area contributed by atoms with Gasteiger partial charge in [-0.1, -0.05) is 52.9 Å². The van der Waals surface area contributed by atoms with Crippen molar-refractivity contribution in [3.05, 3.63) is 0 Å². The van der Waals surface area contributed by atoms with E-state index in [2.05, 4.69) is 0 Å². The smallest absolute Gasteiger partial charge is 0.318 e. The van der Waals surface area contributed by atoms with E-state index in [1.54, 1.807) is 0 Å². The Labute approximate surface area is 154 Å². The highest BCUT2D eigenvalue weighted by Gasteiger charge is 2.71. The summed E-state index contributed by atoms with van der Waals surface area (Å²) < 4.78 is 0. The molecule has 0 radical (unpaired) electrons. The van der Waals surface area contributed by atoms with Crippen LogP contribution in [0.15, 0.2) is 0 Å². The summed E-state index contributed by atoms with van der Waals surface area (Å²) in [4.78, 5) is 51.5. The molecule has 2 aliphatic carbocycles. The van der Waals surface area contributed by atoms with E-state index < -0.39 is 52.1 Å². The second-order valence-electron chi connectivity index (χ2n) is 8.06. The summed E-state index contributed by atoms with van der Waals surface area (Å²) in [6.45, 7) is 4.86. The molecule has 0 aliphatic heterocycles. The Morgan fingerprint density at radius 2 is 1.58 bits per heavy atom. The van der Waals surface area contributed by atoms with Gasteiger partial charge < -0.3 is 10.2 Å². The van der Waals surface area contributed by atoms with E-state index in [1.807, 2.05) is 6.92 Å². The summed E-state index contributed by atoms with van der Waals surface area (Å²) >= 11 is 0. The molecule has 0 aromatic rings. The molecule has 4 unspecified atom stereocenters. The maximum atomic E-state index is 13.7. The first-order valence-corrected chi connectivity index (χ1v) is 9.74. The molecule has 2 saturated carbocycles. The van der Waals surface area contributed by atoms with E-state index >= 15 is 0 Å². The van der Waals surface area contributed by atoms with Gasteiger partial charge in [-0.2, -0.15) is 0 Å². The molecule has 0 spiro atoms. The van der Waals surface area contributed by atoms with Crippen LogP contribution < -0.4 is 0 Å². The zero-order valence-electron chi connectivity index (χ0n) is 15.9. The fourth-order valence-corrected chi connectivity index (χ4v) is 5.33. The van der Waals surface area contributed by atoms with E-state index in [4.69, 9.17) is 0 Å². The van der Waals surface area contributed by atoms with Crippen LogP contribution in [0, 0.1) is 28.6 Å². The second kappa shape index (κ2) is 7.49. The number of rotatable bonds is 6. The van der Waals surface area contributed by atoms with Gasteiger partial charge in [-0.3, -0.25) is 19.2 Å². The first kappa shape index (κ1) is 20.6. The van der Waals surface area contributed by atoms with Crippen LogP contribution in [-0.2, 0) is 19.2 Å². The molecule has 4 atom stereocenters. The number of unbranched alkanes of at least 4 members (excludes halogenated alkanes) is 1. The SMILES string of the molecule is CCCCC1(C(=O)O)C(=O)C(C(=O)O)(C2CCCCC2)C(C)C(=O)C1C. The van der Waals surface area contributed by atoms with Crippen molar-refractivity contribution >= 4 is 23.5 Å². The summed E-state index contributed by atoms with van der Waals surface area (Å²) in [5.74, 6) is -6.33. The summed E-state index contributed by atoms with van der Waals surface area (Å²) in [7, 11) is 0. The van der Waals surface area contributed by atoms with Gasteiger partial charge in [-0.15, -0.1) is 0 Å². The van der Waals surface area contributed by atoms with Crippen LogP contribution in [0.3, 0.4) is 0 Å². The molecular weight excluding hydrogens is 336 g/mol. The van der Waals surface area contributed by atoms with E-state index in [1.165, 1.54) is 13.8 Å². The molecule has 6 heteroatoms. The first-order chi connectivity index (χ1) is 12.2. The number of carboxylic acids is 2. The lowest BCUT2D eigenvalue weighted by atomic mass is 9.46. The van der Waals surface area contributed by atoms with Crippen LogP contribution in [0.2, 0.25) is 0 Å². The van der Waals surface area contributed by atoms with Gasteiger partial charge in [0, 0.05) is 11.8 Å². The van der Waals surface area contributed by atoms with Crippen LogP contribution >= 0.6 is 0 Å². The molecule has 0 bridgehead atoms. The highest BCUT2D eigenvalue weighted by Crippen LogP contribution is 2.56. The molecule has 0 aromatic heterocycles. The van der Waals surface area contributed by atoms with Gasteiger partial charge in [0.15, 0.2) is 5.78 Å². The Balaban J connectivity index is 2.69. The van der Waals surface area contributed by atoms with Crippen molar-refractivity contribution in [3.63, 3.8) is 0 Å². The number of carboxylic acid groups (broad SMARTS) is 2. The normalized spacial score (nSPS) is 36.1. The van der Waals surface area contributed by atoms with Crippen LogP contribution in [0.4, 0.5) is 0 Å². The van der Waals surface area contributed by atoms with Crippen molar-refractivity contribution < 1.29 is 29.4 Å². The molecule has 2 fully saturated rings. The van der Waals surface area contributed by atoms with Gasteiger partial charge in [0.25, 0.3) is 0 Å². The molecule has 2 N–H and O–H groups in total. The van der Waals surface area contributed by atoms with E-state index in [-0.39, 0.29) is 6.42 Å². The number of hydrogen-bond acceptors (Lipinski definition) is 4. The Morgan fingerprint density at radius 1 is 1.00 bits per heavy atom. The third-order valence-corrected chi connectivity index (χ3v) is 6.97. The number of carbonyl (C=O) groups excluding carboxylic acids is 2. The summed E-state index contributed by atoms with van der Waals surface area (Å²) in [6.07, 6.45) is 4.82. The standard InChI is InChI=1S/C20H30O6/c1-4-5-11-19(17(23)24)12(2)15(21)13(3)20(16(19)22,18(25)26)14-9-7-6-8-10-14/h12-14H,4-11H2,1-3H3,(H,23,24)(H,25,26). The van der Waals surface area contributed by atoms with Crippen molar-refractivity contribution in [3.8, 4) is 0 Å². The Morgan fingerprint density at radius 3 is 2.04 bits per heavy atom. The average molecular weight is 366 g/mol. The topological polar surface area (TPSA) is 109 Å². The van der Waals surface area contributed by atoms with Gasteiger partial charge in [0.2, 0.25) is 0 Å². The minimum Gasteiger partial charge on any atom is -0.480 e. The molecule has 0 saturated heterocycles. The number of aliphatic carboxylic acids is 2. The lowest BCUT2D eigenvalue weighted by Gasteiger charge is -2.51. The average Bonchev–Trinajstić information content (AvgIpc) is 2.61. The quantitative estimate of drug-likeness (QED) is 0.698. The second-order valence-corrected chi connectivity index (χ2v) is 8.06. The van der Waals surface area contributed by atoms with E-state index in [0.29, 0.717) is 25.7 Å². The zero-order chi connectivity index (χ0) is 19.7. The van der Waals surface area contributed by atoms with Crippen LogP contribution in [0.5, 0.6) is 0 Å². The van der Waals surface area contributed by atoms with Crippen LogP contribution in [-0.4, -0.2) is 33.7 Å². The number of ketones is 2. The van der Waals surface area contributed by atoms with Gasteiger partial charge in [-0.25, -0.2) is 0 Å². The third kappa shape index (κ3) is 2.69. The molecule has 6 nitrogen and oxygen atoms in total. The Kier molecular flexibility index (Phi) is 5.93. The van der Waals surface area contributed by atoms with E-state index in [0.717, 1.165) is 19.3 Å². The highest BCUT2D eigenvalue weighted by atomic mass is 16.4. The maximum absolute atomic E-state index is 13.7. The molecule has 0 heterocycles. The molecule has 2 aliphatic rings. The molecule has 2 rings (SSSR count). The van der Waals surface area contributed by atoms with Crippen molar-refractivity contribution in [2.24, 2.45) is 28.6 Å². The number of hydrogen-bond donors (Lipinski definition) is 2. The summed E-state index contributed by atoms with van der Waals surface area (Å²) in [6, 6.07) is 0. The van der Waals surface area contributed by atoms with Crippen molar-refractivity contribution in [1.82, 2.24) is 0 Å². The Bertz CT molecular complexity index is 605. The minimum atomic E-state index is -1.94. The third-order valence-electron chi connectivity index (χ3n) is 6.97. The molecule has 146 valence electrons. The van der Waals surface area contributed by atoms with Crippen molar-refractivity contribution in [1.29, 1.82) is 0 Å². The summed E-state index contributed by atoms with van der Waals surface area (Å²) in [5, 5.41) is 20.2. The minimum absolute atomic E-state index is 0.0129. The largest absolute Gasteiger partial charge is 0.480 e. The molecule has 0 amide bonds. The fourth-order valence-electron chi connectivity index (χ4n) is 5.33. The highest BCUT2D eigenvalue weighted by molar-refractivity contribution is 6.21. The van der Waals surface area contributed by atoms with Crippen molar-refractivity contribution in [2.45, 2.75) is 72.1 Å². The van der Waals surface area contributed by atoms with Crippen LogP contribution in [0.1, 0.15) is 72.1 Å². The molecule has 0 aromatic carbocycles. The molecule has 26 heavy (non-hydrogen) atoms. The van der Waals surface area contributed by atoms with Gasteiger partial charge in [0.05, 0.1) is 0 Å². The predicted octanol–water partition coefficient (Wildman–Crippen LogP) is 3.32. The van der Waals surface area contributed by atoms with Gasteiger partial charge in [0.1, 0.15) is 16.6 Å². The zero-order valence-corrected chi connectivity index (χ0v) is 15.9. The monoisotopic (exact) mass is 366 g/mol. The number of carbonyl (C=O) groups is 4. The number of Topliss-reactive ketones (excluding diaryl/α,β-unsaturated/α-hetero) is 2. The lowest BCUT2D eigenvalue weighted by Crippen LogP contribution is -2.67. The van der Waals surface area contributed by atoms with Gasteiger partial charge in [-0.05, 0) is 25.2 Å². The maximum Gasteiger partial charge on any atom is 0.318 e. The molecular formula is C20H30O6. The van der Waals surface area contributed by atoms with Crippen molar-refractivity contribution in [2.75, 3.05) is 0 Å². The van der Waals surface area contributed by atoms with Gasteiger partial charge >= 0.3 is 11.9 Å².